The van der Waals surface area contributed by atoms with Gasteiger partial charge in [-0.15, -0.1) is 10.2 Å². The largest absolute Gasteiger partial charge is 0.379 e. The van der Waals surface area contributed by atoms with Crippen molar-refractivity contribution in [3.05, 3.63) is 49.1 Å². The normalized spacial score (nSPS) is 21.7. The van der Waals surface area contributed by atoms with E-state index in [0.29, 0.717) is 18.0 Å². The molecule has 4 aromatic rings. The Bertz CT molecular complexity index is 1150. The maximum Gasteiger partial charge on any atom is 0.200 e. The Hall–Kier alpha value is -3.36. The summed E-state index contributed by atoms with van der Waals surface area (Å²) in [6.07, 6.45) is 17.6. The third kappa shape index (κ3) is 3.30. The monoisotopic (exact) mass is 401 g/mol. The maximum absolute atomic E-state index is 4.66. The van der Waals surface area contributed by atoms with E-state index >= 15 is 0 Å². The first-order valence-corrected chi connectivity index (χ1v) is 10.6. The molecule has 30 heavy (non-hydrogen) atoms. The van der Waals surface area contributed by atoms with Crippen LogP contribution in [0.5, 0.6) is 0 Å². The van der Waals surface area contributed by atoms with Crippen molar-refractivity contribution in [3.8, 4) is 11.3 Å². The van der Waals surface area contributed by atoms with Crippen LogP contribution in [0.1, 0.15) is 56.2 Å². The van der Waals surface area contributed by atoms with E-state index in [0.717, 1.165) is 54.0 Å². The SMILES string of the molecule is c1cnc(-c2cnn(C3CCC(Nc4cc(C5CC5)nn5cnnc45)CC3)c2)cn1. The Kier molecular flexibility index (Phi) is 4.17. The van der Waals surface area contributed by atoms with E-state index in [1.165, 1.54) is 12.8 Å². The summed E-state index contributed by atoms with van der Waals surface area (Å²) in [6, 6.07) is 3.02. The van der Waals surface area contributed by atoms with Gasteiger partial charge in [-0.3, -0.25) is 14.6 Å². The van der Waals surface area contributed by atoms with Gasteiger partial charge in [-0.2, -0.15) is 14.7 Å². The van der Waals surface area contributed by atoms with Gasteiger partial charge in [-0.25, -0.2) is 0 Å². The maximum atomic E-state index is 4.66. The zero-order valence-electron chi connectivity index (χ0n) is 16.6. The average molecular weight is 401 g/mol. The molecule has 0 radical (unpaired) electrons. The quantitative estimate of drug-likeness (QED) is 0.548. The smallest absolute Gasteiger partial charge is 0.200 e. The van der Waals surface area contributed by atoms with E-state index in [2.05, 4.69) is 52.6 Å². The fourth-order valence-corrected chi connectivity index (χ4v) is 4.35. The van der Waals surface area contributed by atoms with E-state index in [9.17, 15) is 0 Å². The molecule has 0 unspecified atom stereocenters. The van der Waals surface area contributed by atoms with Gasteiger partial charge in [0.05, 0.1) is 35.5 Å². The van der Waals surface area contributed by atoms with Crippen molar-refractivity contribution in [2.75, 3.05) is 5.32 Å². The molecule has 6 rings (SSSR count). The summed E-state index contributed by atoms with van der Waals surface area (Å²) >= 11 is 0. The molecule has 1 N–H and O–H groups in total. The van der Waals surface area contributed by atoms with Crippen molar-refractivity contribution in [3.63, 3.8) is 0 Å². The second kappa shape index (κ2) is 7.16. The van der Waals surface area contributed by atoms with Gasteiger partial charge in [0.2, 0.25) is 5.65 Å². The van der Waals surface area contributed by atoms with Crippen LogP contribution in [0.4, 0.5) is 5.69 Å². The highest BCUT2D eigenvalue weighted by Crippen LogP contribution is 2.40. The lowest BCUT2D eigenvalue weighted by Gasteiger charge is -2.30. The van der Waals surface area contributed by atoms with Gasteiger partial charge in [0.25, 0.3) is 0 Å². The van der Waals surface area contributed by atoms with Crippen LogP contribution >= 0.6 is 0 Å². The molecule has 0 saturated heterocycles. The highest BCUT2D eigenvalue weighted by molar-refractivity contribution is 5.67. The van der Waals surface area contributed by atoms with Crippen molar-refractivity contribution in [1.29, 1.82) is 0 Å². The number of hydrogen-bond acceptors (Lipinski definition) is 7. The lowest BCUT2D eigenvalue weighted by molar-refractivity contribution is 0.313. The zero-order valence-corrected chi connectivity index (χ0v) is 16.6. The van der Waals surface area contributed by atoms with Crippen molar-refractivity contribution in [2.24, 2.45) is 0 Å². The lowest BCUT2D eigenvalue weighted by Crippen LogP contribution is -2.28. The summed E-state index contributed by atoms with van der Waals surface area (Å²) in [4.78, 5) is 8.51. The minimum Gasteiger partial charge on any atom is -0.379 e. The van der Waals surface area contributed by atoms with Crippen LogP contribution in [0.2, 0.25) is 0 Å². The van der Waals surface area contributed by atoms with E-state index in [-0.39, 0.29) is 0 Å². The Morgan fingerprint density at radius 3 is 2.70 bits per heavy atom. The van der Waals surface area contributed by atoms with Crippen molar-refractivity contribution in [2.45, 2.75) is 56.5 Å². The van der Waals surface area contributed by atoms with Crippen LogP contribution in [-0.4, -0.2) is 45.6 Å². The molecule has 2 saturated carbocycles. The summed E-state index contributed by atoms with van der Waals surface area (Å²) in [5.41, 5.74) is 4.88. The second-order valence-corrected chi connectivity index (χ2v) is 8.31. The van der Waals surface area contributed by atoms with Crippen LogP contribution in [0.25, 0.3) is 16.9 Å². The predicted octanol–water partition coefficient (Wildman–Crippen LogP) is 3.25. The molecule has 2 aliphatic rings. The van der Waals surface area contributed by atoms with Crippen LogP contribution in [0, 0.1) is 0 Å². The number of aromatic nitrogens is 8. The Balaban J connectivity index is 1.14. The van der Waals surface area contributed by atoms with Gasteiger partial charge in [-0.1, -0.05) is 0 Å². The van der Waals surface area contributed by atoms with Crippen LogP contribution < -0.4 is 5.32 Å². The average Bonchev–Trinajstić information content (AvgIpc) is 3.32. The number of nitrogens with zero attached hydrogens (tertiary/aromatic N) is 8. The first kappa shape index (κ1) is 17.5. The van der Waals surface area contributed by atoms with E-state index in [1.807, 2.05) is 6.20 Å². The summed E-state index contributed by atoms with van der Waals surface area (Å²) in [5.74, 6) is 0.594. The van der Waals surface area contributed by atoms with E-state index in [4.69, 9.17) is 0 Å². The van der Waals surface area contributed by atoms with Crippen molar-refractivity contribution in [1.82, 2.24) is 39.6 Å². The van der Waals surface area contributed by atoms with E-state index in [1.54, 1.807) is 29.4 Å². The molecule has 4 aromatic heterocycles. The second-order valence-electron chi connectivity index (χ2n) is 8.31. The van der Waals surface area contributed by atoms with Gasteiger partial charge in [0.15, 0.2) is 0 Å². The number of anilines is 1. The minimum absolute atomic E-state index is 0.418. The van der Waals surface area contributed by atoms with E-state index < -0.39 is 0 Å². The highest BCUT2D eigenvalue weighted by atomic mass is 15.4. The Morgan fingerprint density at radius 2 is 1.90 bits per heavy atom. The van der Waals surface area contributed by atoms with Crippen LogP contribution in [0.15, 0.2) is 43.4 Å². The van der Waals surface area contributed by atoms with Gasteiger partial charge in [-0.05, 0) is 44.6 Å². The third-order valence-electron chi connectivity index (χ3n) is 6.17. The molecular weight excluding hydrogens is 378 g/mol. The number of fused-ring (bicyclic) bond motifs is 1. The number of nitrogens with one attached hydrogen (secondary N) is 1. The Morgan fingerprint density at radius 1 is 1.00 bits per heavy atom. The van der Waals surface area contributed by atoms with Gasteiger partial charge >= 0.3 is 0 Å². The van der Waals surface area contributed by atoms with Crippen molar-refractivity contribution >= 4 is 11.3 Å². The fraction of sp³-hybridized carbons (Fsp3) is 0.429. The molecule has 0 aliphatic heterocycles. The summed E-state index contributed by atoms with van der Waals surface area (Å²) in [5, 5.41) is 21.3. The molecule has 9 heteroatoms. The summed E-state index contributed by atoms with van der Waals surface area (Å²) < 4.78 is 3.90. The van der Waals surface area contributed by atoms with Crippen molar-refractivity contribution < 1.29 is 0 Å². The molecule has 0 atom stereocenters. The number of hydrogen-bond donors (Lipinski definition) is 1. The molecule has 0 aromatic carbocycles. The van der Waals surface area contributed by atoms with Gasteiger partial charge in [0, 0.05) is 36.1 Å². The lowest BCUT2D eigenvalue weighted by atomic mass is 9.91. The molecule has 0 spiro atoms. The molecule has 2 fully saturated rings. The molecule has 152 valence electrons. The third-order valence-corrected chi connectivity index (χ3v) is 6.17. The molecule has 4 heterocycles. The topological polar surface area (TPSA) is 98.7 Å². The standard InChI is InChI=1S/C21H23N9/c1-2-14(1)18-9-19(21-27-24-13-30(21)28-18)26-16-3-5-17(6-4-16)29-12-15(10-25-29)20-11-22-7-8-23-20/h7-14,16-17,26H,1-6H2. The first-order chi connectivity index (χ1) is 14.8. The molecule has 0 bridgehead atoms. The zero-order chi connectivity index (χ0) is 19.9. The molecule has 2 aliphatic carbocycles. The van der Waals surface area contributed by atoms with Crippen LogP contribution in [0.3, 0.4) is 0 Å². The first-order valence-electron chi connectivity index (χ1n) is 10.6. The number of rotatable bonds is 5. The van der Waals surface area contributed by atoms with Crippen LogP contribution in [-0.2, 0) is 0 Å². The summed E-state index contributed by atoms with van der Waals surface area (Å²) in [6.45, 7) is 0. The van der Waals surface area contributed by atoms with Gasteiger partial charge < -0.3 is 5.32 Å². The highest BCUT2D eigenvalue weighted by Gasteiger charge is 2.28. The predicted molar refractivity (Wildman–Crippen MR) is 111 cm³/mol. The Labute approximate surface area is 173 Å². The van der Waals surface area contributed by atoms with Gasteiger partial charge in [0.1, 0.15) is 6.33 Å². The fourth-order valence-electron chi connectivity index (χ4n) is 4.35. The minimum atomic E-state index is 0.418. The molecule has 9 nitrogen and oxygen atoms in total. The molecule has 0 amide bonds. The molecular formula is C21H23N9. The summed E-state index contributed by atoms with van der Waals surface area (Å²) in [7, 11) is 0.